The molecule has 3 aromatic rings. The van der Waals surface area contributed by atoms with Gasteiger partial charge in [-0.25, -0.2) is 0 Å². The minimum atomic E-state index is 0.631. The minimum Gasteiger partial charge on any atom is -0.343 e. The van der Waals surface area contributed by atoms with E-state index in [1.54, 1.807) is 5.56 Å². The van der Waals surface area contributed by atoms with Crippen molar-refractivity contribution in [3.05, 3.63) is 65.6 Å². The Morgan fingerprint density at radius 2 is 2.00 bits per heavy atom. The maximum atomic E-state index is 4.13. The molecule has 3 heterocycles. The number of aromatic nitrogens is 2. The van der Waals surface area contributed by atoms with Crippen LogP contribution in [0.25, 0.3) is 10.9 Å². The number of fused-ring (bicyclic) bond motifs is 3. The van der Waals surface area contributed by atoms with Crippen molar-refractivity contribution in [1.82, 2.24) is 14.9 Å². The summed E-state index contributed by atoms with van der Waals surface area (Å²) in [7, 11) is 0. The molecule has 1 unspecified atom stereocenters. The highest BCUT2D eigenvalue weighted by atomic mass is 15.0. The Kier molecular flexibility index (Phi) is 4.84. The first-order chi connectivity index (χ1) is 12.4. The van der Waals surface area contributed by atoms with Gasteiger partial charge in [0.1, 0.15) is 0 Å². The maximum absolute atomic E-state index is 4.13. The van der Waals surface area contributed by atoms with Crippen molar-refractivity contribution in [2.75, 3.05) is 0 Å². The van der Waals surface area contributed by atoms with E-state index in [4.69, 9.17) is 0 Å². The van der Waals surface area contributed by atoms with Gasteiger partial charge in [0.2, 0.25) is 0 Å². The van der Waals surface area contributed by atoms with Gasteiger partial charge < -0.3 is 9.88 Å². The third kappa shape index (κ3) is 3.34. The number of para-hydroxylation sites is 1. The van der Waals surface area contributed by atoms with E-state index in [0.29, 0.717) is 6.04 Å². The van der Waals surface area contributed by atoms with Gasteiger partial charge >= 0.3 is 0 Å². The van der Waals surface area contributed by atoms with E-state index in [1.165, 1.54) is 41.4 Å². The van der Waals surface area contributed by atoms with Crippen molar-refractivity contribution in [2.45, 2.75) is 58.2 Å². The lowest BCUT2D eigenvalue weighted by Gasteiger charge is -2.25. The Morgan fingerprint density at radius 3 is 2.84 bits per heavy atom. The normalized spacial score (nSPS) is 16.9. The van der Waals surface area contributed by atoms with E-state index in [0.717, 1.165) is 25.9 Å². The smallest absolute Gasteiger partial charge is 0.0485 e. The molecule has 25 heavy (non-hydrogen) atoms. The second-order valence-corrected chi connectivity index (χ2v) is 7.12. The number of aryl methyl sites for hydroxylation is 2. The third-order valence-corrected chi connectivity index (χ3v) is 5.48. The fourth-order valence-electron chi connectivity index (χ4n) is 4.12. The number of rotatable bonds is 6. The van der Waals surface area contributed by atoms with Crippen LogP contribution in [0.15, 0.2) is 48.8 Å². The Bertz CT molecular complexity index is 835. The number of hydrogen-bond acceptors (Lipinski definition) is 2. The van der Waals surface area contributed by atoms with Gasteiger partial charge in [0.05, 0.1) is 0 Å². The Balaban J connectivity index is 1.64. The molecule has 3 heteroatoms. The van der Waals surface area contributed by atoms with Gasteiger partial charge in [-0.05, 0) is 48.6 Å². The molecule has 1 aliphatic rings. The predicted molar refractivity (Wildman–Crippen MR) is 104 cm³/mol. The number of hydrogen-bond donors (Lipinski definition) is 1. The highest BCUT2D eigenvalue weighted by molar-refractivity contribution is 5.86. The zero-order chi connectivity index (χ0) is 17.1. The van der Waals surface area contributed by atoms with Gasteiger partial charge in [0, 0.05) is 48.1 Å². The maximum Gasteiger partial charge on any atom is 0.0485 e. The van der Waals surface area contributed by atoms with Gasteiger partial charge in [0.25, 0.3) is 0 Å². The van der Waals surface area contributed by atoms with Crippen LogP contribution in [0.3, 0.4) is 0 Å². The molecule has 130 valence electrons. The van der Waals surface area contributed by atoms with E-state index in [9.17, 15) is 0 Å². The molecule has 3 nitrogen and oxygen atoms in total. The van der Waals surface area contributed by atoms with Crippen molar-refractivity contribution in [3.63, 3.8) is 0 Å². The van der Waals surface area contributed by atoms with Crippen LogP contribution < -0.4 is 5.32 Å². The number of benzene rings is 1. The summed E-state index contributed by atoms with van der Waals surface area (Å²) in [6.45, 7) is 4.30. The van der Waals surface area contributed by atoms with Crippen molar-refractivity contribution in [1.29, 1.82) is 0 Å². The molecule has 1 atom stereocenters. The van der Waals surface area contributed by atoms with Crippen LogP contribution in [0.2, 0.25) is 0 Å². The average Bonchev–Trinajstić information content (AvgIpc) is 2.99. The first-order valence-electron chi connectivity index (χ1n) is 9.58. The van der Waals surface area contributed by atoms with Gasteiger partial charge in [-0.15, -0.1) is 0 Å². The molecule has 0 radical (unpaired) electrons. The summed E-state index contributed by atoms with van der Waals surface area (Å²) in [5.41, 5.74) is 5.80. The van der Waals surface area contributed by atoms with Crippen molar-refractivity contribution in [2.24, 2.45) is 0 Å². The standard InChI is InChI=1S/C22H27N3/c1-2-3-6-18-15-20-19-7-4-5-8-21(19)25(22(20)16-24-18)14-11-17-9-12-23-13-10-17/h4-5,7-10,12-13,18,24H,2-3,6,11,14-16H2,1H3. The molecule has 0 fully saturated rings. The zero-order valence-electron chi connectivity index (χ0n) is 15.0. The third-order valence-electron chi connectivity index (χ3n) is 5.48. The first-order valence-corrected chi connectivity index (χ1v) is 9.58. The first kappa shape index (κ1) is 16.3. The van der Waals surface area contributed by atoms with Gasteiger partial charge in [-0.2, -0.15) is 0 Å². The predicted octanol–water partition coefficient (Wildman–Crippen LogP) is 4.48. The molecule has 0 spiro atoms. The Morgan fingerprint density at radius 1 is 1.16 bits per heavy atom. The largest absolute Gasteiger partial charge is 0.343 e. The van der Waals surface area contributed by atoms with Gasteiger partial charge in [-0.1, -0.05) is 38.0 Å². The quantitative estimate of drug-likeness (QED) is 0.720. The summed E-state index contributed by atoms with van der Waals surface area (Å²) >= 11 is 0. The summed E-state index contributed by atoms with van der Waals surface area (Å²) in [4.78, 5) is 4.13. The number of unbranched alkanes of at least 4 members (excludes halogenated alkanes) is 1. The minimum absolute atomic E-state index is 0.631. The second kappa shape index (κ2) is 7.40. The van der Waals surface area contributed by atoms with Crippen molar-refractivity contribution >= 4 is 10.9 Å². The second-order valence-electron chi connectivity index (χ2n) is 7.12. The van der Waals surface area contributed by atoms with Crippen LogP contribution in [0.1, 0.15) is 43.0 Å². The Labute approximate surface area is 150 Å². The highest BCUT2D eigenvalue weighted by Crippen LogP contribution is 2.31. The average molecular weight is 333 g/mol. The fourth-order valence-corrected chi connectivity index (χ4v) is 4.12. The molecule has 0 amide bonds. The summed E-state index contributed by atoms with van der Waals surface area (Å²) < 4.78 is 2.54. The van der Waals surface area contributed by atoms with Crippen LogP contribution >= 0.6 is 0 Å². The lowest BCUT2D eigenvalue weighted by molar-refractivity contribution is 0.428. The molecule has 1 N–H and O–H groups in total. The summed E-state index contributed by atoms with van der Waals surface area (Å²) in [6, 6.07) is 13.8. The van der Waals surface area contributed by atoms with E-state index < -0.39 is 0 Å². The van der Waals surface area contributed by atoms with Crippen LogP contribution in [-0.2, 0) is 25.9 Å². The molecular formula is C22H27N3. The zero-order valence-corrected chi connectivity index (χ0v) is 15.0. The number of nitrogens with one attached hydrogen (secondary N) is 1. The van der Waals surface area contributed by atoms with E-state index in [-0.39, 0.29) is 0 Å². The fraction of sp³-hybridized carbons (Fsp3) is 0.409. The summed E-state index contributed by atoms with van der Waals surface area (Å²) in [5, 5.41) is 5.23. The van der Waals surface area contributed by atoms with Crippen molar-refractivity contribution < 1.29 is 0 Å². The van der Waals surface area contributed by atoms with Crippen LogP contribution in [0.4, 0.5) is 0 Å². The van der Waals surface area contributed by atoms with Crippen LogP contribution in [0.5, 0.6) is 0 Å². The molecule has 0 saturated heterocycles. The molecule has 1 aliphatic heterocycles. The lowest BCUT2D eigenvalue weighted by Crippen LogP contribution is -2.36. The van der Waals surface area contributed by atoms with Crippen LogP contribution in [-0.4, -0.2) is 15.6 Å². The van der Waals surface area contributed by atoms with Crippen molar-refractivity contribution in [3.8, 4) is 0 Å². The molecule has 0 bridgehead atoms. The molecular weight excluding hydrogens is 306 g/mol. The van der Waals surface area contributed by atoms with E-state index >= 15 is 0 Å². The Hall–Kier alpha value is -2.13. The van der Waals surface area contributed by atoms with Gasteiger partial charge in [0.15, 0.2) is 0 Å². The number of nitrogens with zero attached hydrogens (tertiary/aromatic N) is 2. The molecule has 1 aromatic carbocycles. The molecule has 4 rings (SSSR count). The van der Waals surface area contributed by atoms with E-state index in [1.807, 2.05) is 12.4 Å². The molecule has 2 aromatic heterocycles. The van der Waals surface area contributed by atoms with Crippen LogP contribution in [0, 0.1) is 0 Å². The highest BCUT2D eigenvalue weighted by Gasteiger charge is 2.24. The van der Waals surface area contributed by atoms with E-state index in [2.05, 4.69) is 58.2 Å². The summed E-state index contributed by atoms with van der Waals surface area (Å²) in [5.74, 6) is 0. The lowest BCUT2D eigenvalue weighted by atomic mass is 9.95. The SMILES string of the molecule is CCCCC1Cc2c(n(CCc3ccncc3)c3ccccc23)CN1. The number of pyridine rings is 1. The monoisotopic (exact) mass is 333 g/mol. The molecule has 0 aliphatic carbocycles. The topological polar surface area (TPSA) is 29.9 Å². The molecule has 0 saturated carbocycles. The summed E-state index contributed by atoms with van der Waals surface area (Å²) in [6.07, 6.45) is 9.86. The van der Waals surface area contributed by atoms with Gasteiger partial charge in [-0.3, -0.25) is 4.98 Å².